The van der Waals surface area contributed by atoms with Gasteiger partial charge in [-0.25, -0.2) is 0 Å². The van der Waals surface area contributed by atoms with Crippen molar-refractivity contribution in [3.05, 3.63) is 12.3 Å². The summed E-state index contributed by atoms with van der Waals surface area (Å²) in [6.07, 6.45) is 1.42. The molecule has 0 spiro atoms. The van der Waals surface area contributed by atoms with Gasteiger partial charge in [-0.2, -0.15) is 0 Å². The third-order valence-electron chi connectivity index (χ3n) is 0.965. The fraction of sp³-hybridized carbons (Fsp3) is 0. The van der Waals surface area contributed by atoms with E-state index in [0.717, 1.165) is 0 Å². The van der Waals surface area contributed by atoms with Crippen LogP contribution in [-0.4, -0.2) is 5.96 Å². The van der Waals surface area contributed by atoms with Crippen LogP contribution < -0.4 is 16.8 Å². The molecule has 6 N–H and O–H groups in total. The maximum atomic E-state index is 6.84. The second-order valence-corrected chi connectivity index (χ2v) is 1.74. The molecule has 1 heterocycles. The molecule has 0 saturated heterocycles. The zero-order valence-electron chi connectivity index (χ0n) is 6.03. The largest absolute Gasteiger partial charge is 0.447 e. The first-order valence-corrected chi connectivity index (χ1v) is 2.64. The van der Waals surface area contributed by atoms with Gasteiger partial charge in [-0.15, -0.1) is 24.8 Å². The van der Waals surface area contributed by atoms with Crippen molar-refractivity contribution in [2.75, 3.05) is 11.1 Å². The molecule has 0 atom stereocenters. The summed E-state index contributed by atoms with van der Waals surface area (Å²) in [5.41, 5.74) is 10.9. The Labute approximate surface area is 81.8 Å². The number of hydrogen-bond acceptors (Lipinski definition) is 3. The van der Waals surface area contributed by atoms with Gasteiger partial charge < -0.3 is 21.2 Å². The van der Waals surface area contributed by atoms with Crippen molar-refractivity contribution < 1.29 is 4.42 Å². The van der Waals surface area contributed by atoms with Crippen LogP contribution in [0.5, 0.6) is 0 Å². The summed E-state index contributed by atoms with van der Waals surface area (Å²) in [5, 5.41) is 9.33. The van der Waals surface area contributed by atoms with Gasteiger partial charge in [0.05, 0.1) is 6.26 Å². The normalized spacial score (nSPS) is 7.67. The molecule has 0 aliphatic heterocycles. The van der Waals surface area contributed by atoms with Crippen LogP contribution in [0.2, 0.25) is 0 Å². The zero-order chi connectivity index (χ0) is 7.56. The predicted molar refractivity (Wildman–Crippen MR) is 53.2 cm³/mol. The summed E-state index contributed by atoms with van der Waals surface area (Å²) in [6, 6.07) is 1.59. The number of nitrogen functional groups attached to an aromatic ring is 1. The molecule has 0 saturated carbocycles. The Balaban J connectivity index is 0. The molecule has 0 aliphatic carbocycles. The first-order chi connectivity index (χ1) is 4.70. The van der Waals surface area contributed by atoms with E-state index in [-0.39, 0.29) is 36.7 Å². The summed E-state index contributed by atoms with van der Waals surface area (Å²) in [7, 11) is 0. The molecule has 0 fully saturated rings. The van der Waals surface area contributed by atoms with Crippen molar-refractivity contribution in [2.24, 2.45) is 5.73 Å². The fourth-order valence-electron chi connectivity index (χ4n) is 0.569. The van der Waals surface area contributed by atoms with E-state index in [2.05, 4.69) is 5.32 Å². The minimum atomic E-state index is -0.159. The highest BCUT2D eigenvalue weighted by molar-refractivity contribution is 5.92. The first-order valence-electron chi connectivity index (χ1n) is 2.64. The van der Waals surface area contributed by atoms with Crippen LogP contribution in [0.1, 0.15) is 0 Å². The second kappa shape index (κ2) is 5.56. The van der Waals surface area contributed by atoms with Gasteiger partial charge in [-0.05, 0) is 0 Å². The Morgan fingerprint density at radius 3 is 2.42 bits per heavy atom. The van der Waals surface area contributed by atoms with E-state index in [1.165, 1.54) is 6.26 Å². The Kier molecular flexibility index (Phi) is 6.27. The molecule has 12 heavy (non-hydrogen) atoms. The standard InChI is InChI=1S/C5H8N4O.2ClH/c6-4-3(1-2-10-4)9-5(7)8;;/h1-2H,6H2,(H4,7,8,9);2*1H. The molecular formula is C5H10Cl2N4O. The van der Waals surface area contributed by atoms with Crippen molar-refractivity contribution in [2.45, 2.75) is 0 Å². The Morgan fingerprint density at radius 2 is 2.08 bits per heavy atom. The zero-order valence-corrected chi connectivity index (χ0v) is 7.67. The van der Waals surface area contributed by atoms with E-state index in [9.17, 15) is 0 Å². The first kappa shape index (κ1) is 13.5. The molecule has 7 heteroatoms. The van der Waals surface area contributed by atoms with E-state index in [1.54, 1.807) is 6.07 Å². The van der Waals surface area contributed by atoms with Gasteiger partial charge in [0.25, 0.3) is 0 Å². The van der Waals surface area contributed by atoms with Crippen molar-refractivity contribution in [3.8, 4) is 0 Å². The van der Waals surface area contributed by atoms with Crippen LogP contribution in [0, 0.1) is 5.41 Å². The molecule has 1 aromatic rings. The van der Waals surface area contributed by atoms with Gasteiger partial charge in [-0.1, -0.05) is 0 Å². The van der Waals surface area contributed by atoms with Crippen molar-refractivity contribution in [1.29, 1.82) is 5.41 Å². The number of hydrogen-bond donors (Lipinski definition) is 4. The fourth-order valence-corrected chi connectivity index (χ4v) is 0.569. The van der Waals surface area contributed by atoms with E-state index >= 15 is 0 Å². The minimum absolute atomic E-state index is 0. The molecule has 0 unspecified atom stereocenters. The number of halogens is 2. The van der Waals surface area contributed by atoms with Crippen LogP contribution in [-0.2, 0) is 0 Å². The number of anilines is 2. The second-order valence-electron chi connectivity index (χ2n) is 1.74. The smallest absolute Gasteiger partial charge is 0.213 e. The molecule has 70 valence electrons. The molecule has 1 rings (SSSR count). The van der Waals surface area contributed by atoms with Crippen LogP contribution >= 0.6 is 24.8 Å². The van der Waals surface area contributed by atoms with Crippen LogP contribution in [0.15, 0.2) is 16.7 Å². The van der Waals surface area contributed by atoms with Crippen LogP contribution in [0.25, 0.3) is 0 Å². The molecule has 0 aromatic carbocycles. The number of furan rings is 1. The van der Waals surface area contributed by atoms with Gasteiger partial charge in [0.15, 0.2) is 5.96 Å². The highest BCUT2D eigenvalue weighted by Gasteiger charge is 2.00. The summed E-state index contributed by atoms with van der Waals surface area (Å²) in [4.78, 5) is 0. The average molecular weight is 213 g/mol. The lowest BCUT2D eigenvalue weighted by atomic mass is 10.5. The lowest BCUT2D eigenvalue weighted by molar-refractivity contribution is 0.588. The van der Waals surface area contributed by atoms with Crippen LogP contribution in [0.3, 0.4) is 0 Å². The molecular weight excluding hydrogens is 203 g/mol. The van der Waals surface area contributed by atoms with Gasteiger partial charge in [0.1, 0.15) is 5.69 Å². The number of guanidine groups is 1. The number of rotatable bonds is 1. The molecule has 0 bridgehead atoms. The molecule has 1 aromatic heterocycles. The third kappa shape index (κ3) is 3.36. The van der Waals surface area contributed by atoms with Gasteiger partial charge in [-0.3, -0.25) is 5.41 Å². The van der Waals surface area contributed by atoms with Crippen molar-refractivity contribution in [1.82, 2.24) is 0 Å². The SMILES string of the molecule is Cl.Cl.N=C(N)Nc1ccoc1N. The maximum Gasteiger partial charge on any atom is 0.213 e. The van der Waals surface area contributed by atoms with E-state index in [1.807, 2.05) is 0 Å². The van der Waals surface area contributed by atoms with E-state index < -0.39 is 0 Å². The van der Waals surface area contributed by atoms with Crippen molar-refractivity contribution >= 4 is 42.3 Å². The van der Waals surface area contributed by atoms with Gasteiger partial charge in [0, 0.05) is 6.07 Å². The summed E-state index contributed by atoms with van der Waals surface area (Å²) in [5.74, 6) is 0.0725. The highest BCUT2D eigenvalue weighted by atomic mass is 35.5. The number of nitrogens with one attached hydrogen (secondary N) is 2. The third-order valence-corrected chi connectivity index (χ3v) is 0.965. The van der Waals surface area contributed by atoms with Crippen LogP contribution in [0.4, 0.5) is 11.6 Å². The Morgan fingerprint density at radius 1 is 1.50 bits per heavy atom. The quantitative estimate of drug-likeness (QED) is 0.413. The summed E-state index contributed by atoms with van der Waals surface area (Å²) >= 11 is 0. The Bertz CT molecular complexity index is 249. The molecule has 0 amide bonds. The molecule has 0 radical (unpaired) electrons. The minimum Gasteiger partial charge on any atom is -0.447 e. The monoisotopic (exact) mass is 212 g/mol. The lowest BCUT2D eigenvalue weighted by Gasteiger charge is -1.98. The maximum absolute atomic E-state index is 6.84. The predicted octanol–water partition coefficient (Wildman–Crippen LogP) is 1.01. The van der Waals surface area contributed by atoms with E-state index in [0.29, 0.717) is 5.69 Å². The molecule has 5 nitrogen and oxygen atoms in total. The Hall–Kier alpha value is -1.07. The molecule has 0 aliphatic rings. The summed E-state index contributed by atoms with van der Waals surface area (Å²) < 4.78 is 4.73. The average Bonchev–Trinajstić information content (AvgIpc) is 2.15. The van der Waals surface area contributed by atoms with Crippen molar-refractivity contribution in [3.63, 3.8) is 0 Å². The number of nitrogens with two attached hydrogens (primary N) is 2. The highest BCUT2D eigenvalue weighted by Crippen LogP contribution is 2.17. The van der Waals surface area contributed by atoms with Gasteiger partial charge >= 0.3 is 0 Å². The van der Waals surface area contributed by atoms with E-state index in [4.69, 9.17) is 21.3 Å². The van der Waals surface area contributed by atoms with Gasteiger partial charge in [0.2, 0.25) is 5.88 Å². The topological polar surface area (TPSA) is 101 Å². The summed E-state index contributed by atoms with van der Waals surface area (Å²) in [6.45, 7) is 0. The lowest BCUT2D eigenvalue weighted by Crippen LogP contribution is -2.20.